The van der Waals surface area contributed by atoms with Crippen LogP contribution in [0.25, 0.3) is 11.1 Å². The Balaban J connectivity index is 1.28. The maximum absolute atomic E-state index is 12.5. The van der Waals surface area contributed by atoms with Crippen LogP contribution in [-0.4, -0.2) is 31.9 Å². The number of hydrogen-bond acceptors (Lipinski definition) is 4. The van der Waals surface area contributed by atoms with Crippen molar-refractivity contribution in [2.75, 3.05) is 19.8 Å². The molecule has 0 fully saturated rings. The standard InChI is InChI=1S/C32H38O4/c1-3-5-6-11-21-36-32(33)31(34-4-2)23-24-16-18-25(19-17-24)35-22-20-30-28-14-9-7-12-26(28)27-13-8-10-15-29(27)30/h7-10,12-19,30-31H,3-6,11,20-23H2,1-2H3. The van der Waals surface area contributed by atoms with Gasteiger partial charge in [0.1, 0.15) is 5.75 Å². The zero-order valence-electron chi connectivity index (χ0n) is 21.6. The van der Waals surface area contributed by atoms with Crippen LogP contribution in [-0.2, 0) is 20.7 Å². The molecule has 0 bridgehead atoms. The fourth-order valence-electron chi connectivity index (χ4n) is 5.01. The van der Waals surface area contributed by atoms with E-state index in [1.807, 2.05) is 31.2 Å². The van der Waals surface area contributed by atoms with Crippen LogP contribution >= 0.6 is 0 Å². The highest BCUT2D eigenvalue weighted by Crippen LogP contribution is 2.45. The van der Waals surface area contributed by atoms with Gasteiger partial charge in [0, 0.05) is 18.9 Å². The zero-order valence-corrected chi connectivity index (χ0v) is 21.6. The molecular weight excluding hydrogens is 448 g/mol. The number of unbranched alkanes of at least 4 members (excludes halogenated alkanes) is 3. The Labute approximate surface area is 215 Å². The van der Waals surface area contributed by atoms with Crippen LogP contribution in [0.3, 0.4) is 0 Å². The molecule has 0 amide bonds. The maximum atomic E-state index is 12.5. The number of fused-ring (bicyclic) bond motifs is 3. The molecule has 0 saturated heterocycles. The third-order valence-electron chi connectivity index (χ3n) is 6.86. The highest BCUT2D eigenvalue weighted by molar-refractivity contribution is 5.78. The summed E-state index contributed by atoms with van der Waals surface area (Å²) in [6, 6.07) is 25.3. The summed E-state index contributed by atoms with van der Waals surface area (Å²) in [6.07, 6.45) is 5.17. The average Bonchev–Trinajstić information content (AvgIpc) is 3.23. The van der Waals surface area contributed by atoms with Gasteiger partial charge in [0.05, 0.1) is 13.2 Å². The third kappa shape index (κ3) is 6.55. The molecule has 0 spiro atoms. The third-order valence-corrected chi connectivity index (χ3v) is 6.86. The van der Waals surface area contributed by atoms with E-state index >= 15 is 0 Å². The first kappa shape index (κ1) is 26.0. The van der Waals surface area contributed by atoms with Gasteiger partial charge in [-0.2, -0.15) is 0 Å². The van der Waals surface area contributed by atoms with Crippen LogP contribution in [0.2, 0.25) is 0 Å². The lowest BCUT2D eigenvalue weighted by Crippen LogP contribution is -2.29. The first-order valence-corrected chi connectivity index (χ1v) is 13.4. The van der Waals surface area contributed by atoms with Crippen molar-refractivity contribution in [3.8, 4) is 16.9 Å². The highest BCUT2D eigenvalue weighted by Gasteiger charge is 2.27. The Hall–Kier alpha value is -3.11. The number of benzene rings is 3. The maximum Gasteiger partial charge on any atom is 0.335 e. The normalized spacial score (nSPS) is 13.2. The lowest BCUT2D eigenvalue weighted by molar-refractivity contribution is -0.157. The molecular formula is C32H38O4. The fourth-order valence-corrected chi connectivity index (χ4v) is 5.01. The predicted octanol–water partition coefficient (Wildman–Crippen LogP) is 7.34. The van der Waals surface area contributed by atoms with Crippen LogP contribution in [0.4, 0.5) is 0 Å². The van der Waals surface area contributed by atoms with E-state index in [-0.39, 0.29) is 5.97 Å². The number of ether oxygens (including phenoxy) is 3. The molecule has 4 rings (SSSR count). The van der Waals surface area contributed by atoms with Gasteiger partial charge in [-0.3, -0.25) is 0 Å². The van der Waals surface area contributed by atoms with Crippen molar-refractivity contribution in [3.63, 3.8) is 0 Å². The Morgan fingerprint density at radius 1 is 0.806 bits per heavy atom. The van der Waals surface area contributed by atoms with Crippen molar-refractivity contribution in [1.29, 1.82) is 0 Å². The number of carbonyl (C=O) groups is 1. The van der Waals surface area contributed by atoms with E-state index in [0.29, 0.717) is 32.2 Å². The number of rotatable bonds is 14. The van der Waals surface area contributed by atoms with E-state index in [9.17, 15) is 4.79 Å². The van der Waals surface area contributed by atoms with Crippen LogP contribution in [0.15, 0.2) is 72.8 Å². The van der Waals surface area contributed by atoms with Crippen molar-refractivity contribution in [3.05, 3.63) is 89.5 Å². The quantitative estimate of drug-likeness (QED) is 0.177. The average molecular weight is 487 g/mol. The lowest BCUT2D eigenvalue weighted by Gasteiger charge is -2.17. The van der Waals surface area contributed by atoms with Gasteiger partial charge in [0.2, 0.25) is 0 Å². The van der Waals surface area contributed by atoms with Gasteiger partial charge >= 0.3 is 5.97 Å². The second-order valence-corrected chi connectivity index (χ2v) is 9.38. The molecule has 1 unspecified atom stereocenters. The molecule has 4 nitrogen and oxygen atoms in total. The molecule has 0 aromatic heterocycles. The van der Waals surface area contributed by atoms with Crippen molar-refractivity contribution in [1.82, 2.24) is 0 Å². The predicted molar refractivity (Wildman–Crippen MR) is 144 cm³/mol. The van der Waals surface area contributed by atoms with Crippen molar-refractivity contribution < 1.29 is 19.0 Å². The molecule has 4 heteroatoms. The van der Waals surface area contributed by atoms with E-state index < -0.39 is 6.10 Å². The van der Waals surface area contributed by atoms with Crippen LogP contribution < -0.4 is 4.74 Å². The SMILES string of the molecule is CCCCCCOC(=O)C(Cc1ccc(OCCC2c3ccccc3-c3ccccc32)cc1)OCC. The van der Waals surface area contributed by atoms with Gasteiger partial charge in [-0.15, -0.1) is 0 Å². The minimum Gasteiger partial charge on any atom is -0.494 e. The Kier molecular flexibility index (Phi) is 9.57. The Morgan fingerprint density at radius 3 is 2.11 bits per heavy atom. The summed E-state index contributed by atoms with van der Waals surface area (Å²) in [6.45, 7) is 5.65. The Bertz CT molecular complexity index is 1060. The molecule has 190 valence electrons. The van der Waals surface area contributed by atoms with Crippen LogP contribution in [0.1, 0.15) is 68.6 Å². The first-order valence-electron chi connectivity index (χ1n) is 13.4. The van der Waals surface area contributed by atoms with Crippen molar-refractivity contribution >= 4 is 5.97 Å². The largest absolute Gasteiger partial charge is 0.494 e. The topological polar surface area (TPSA) is 44.8 Å². The minimum absolute atomic E-state index is 0.272. The molecule has 3 aromatic carbocycles. The smallest absolute Gasteiger partial charge is 0.335 e. The first-order chi connectivity index (χ1) is 17.7. The monoisotopic (exact) mass is 486 g/mol. The summed E-state index contributed by atoms with van der Waals surface area (Å²) in [5.74, 6) is 0.923. The van der Waals surface area contributed by atoms with E-state index in [1.54, 1.807) is 0 Å². The van der Waals surface area contributed by atoms with E-state index in [2.05, 4.69) is 55.5 Å². The van der Waals surface area contributed by atoms with Gasteiger partial charge in [0.25, 0.3) is 0 Å². The van der Waals surface area contributed by atoms with Gasteiger partial charge in [0.15, 0.2) is 6.10 Å². The van der Waals surface area contributed by atoms with Gasteiger partial charge in [-0.1, -0.05) is 86.8 Å². The molecule has 0 N–H and O–H groups in total. The fraction of sp³-hybridized carbons (Fsp3) is 0.406. The summed E-state index contributed by atoms with van der Waals surface area (Å²) >= 11 is 0. The molecule has 0 heterocycles. The molecule has 0 radical (unpaired) electrons. The molecule has 1 aliphatic rings. The van der Waals surface area contributed by atoms with Gasteiger partial charge in [-0.25, -0.2) is 4.79 Å². The molecule has 3 aromatic rings. The Morgan fingerprint density at radius 2 is 1.47 bits per heavy atom. The van der Waals surface area contributed by atoms with Crippen molar-refractivity contribution in [2.45, 2.75) is 64.4 Å². The molecule has 36 heavy (non-hydrogen) atoms. The summed E-state index contributed by atoms with van der Waals surface area (Å²) in [7, 11) is 0. The second kappa shape index (κ2) is 13.3. The number of esters is 1. The minimum atomic E-state index is -0.574. The van der Waals surface area contributed by atoms with E-state index in [1.165, 1.54) is 28.7 Å². The highest BCUT2D eigenvalue weighted by atomic mass is 16.6. The molecule has 0 saturated carbocycles. The summed E-state index contributed by atoms with van der Waals surface area (Å²) in [5, 5.41) is 0. The number of hydrogen-bond donors (Lipinski definition) is 0. The second-order valence-electron chi connectivity index (χ2n) is 9.38. The van der Waals surface area contributed by atoms with Crippen LogP contribution in [0.5, 0.6) is 5.75 Å². The lowest BCUT2D eigenvalue weighted by atomic mass is 9.94. The van der Waals surface area contributed by atoms with Crippen molar-refractivity contribution in [2.24, 2.45) is 0 Å². The summed E-state index contributed by atoms with van der Waals surface area (Å²) < 4.78 is 17.3. The molecule has 1 aliphatic carbocycles. The summed E-state index contributed by atoms with van der Waals surface area (Å²) in [5.41, 5.74) is 6.48. The van der Waals surface area contributed by atoms with Gasteiger partial charge < -0.3 is 14.2 Å². The number of carbonyl (C=O) groups excluding carboxylic acids is 1. The molecule has 1 atom stereocenters. The van der Waals surface area contributed by atoms with E-state index in [4.69, 9.17) is 14.2 Å². The summed E-state index contributed by atoms with van der Waals surface area (Å²) in [4.78, 5) is 12.5. The van der Waals surface area contributed by atoms with Crippen LogP contribution in [0, 0.1) is 0 Å². The van der Waals surface area contributed by atoms with Gasteiger partial charge in [-0.05, 0) is 59.7 Å². The zero-order chi connectivity index (χ0) is 25.2. The molecule has 0 aliphatic heterocycles. The van der Waals surface area contributed by atoms with E-state index in [0.717, 1.165) is 37.0 Å².